The van der Waals surface area contributed by atoms with Gasteiger partial charge in [0.15, 0.2) is 0 Å². The molecule has 0 unspecified atom stereocenters. The summed E-state index contributed by atoms with van der Waals surface area (Å²) in [5.74, 6) is 1.34. The minimum absolute atomic E-state index is 0.240. The van der Waals surface area contributed by atoms with E-state index in [0.29, 0.717) is 36.2 Å². The van der Waals surface area contributed by atoms with Gasteiger partial charge < -0.3 is 19.7 Å². The van der Waals surface area contributed by atoms with Gasteiger partial charge in [0.2, 0.25) is 11.8 Å². The molecule has 0 spiro atoms. The summed E-state index contributed by atoms with van der Waals surface area (Å²) in [6.07, 6.45) is 0.429. The van der Waals surface area contributed by atoms with Gasteiger partial charge >= 0.3 is 6.03 Å². The molecule has 0 aliphatic carbocycles. The van der Waals surface area contributed by atoms with Gasteiger partial charge in [0.05, 0.1) is 6.10 Å². The Hall–Kier alpha value is -2.41. The second-order valence-corrected chi connectivity index (χ2v) is 6.65. The van der Waals surface area contributed by atoms with Crippen LogP contribution in [-0.4, -0.2) is 38.9 Å². The molecule has 1 fully saturated rings. The summed E-state index contributed by atoms with van der Waals surface area (Å²) in [5, 5.41) is 20.8. The Labute approximate surface area is 147 Å². The molecule has 134 valence electrons. The van der Waals surface area contributed by atoms with Crippen molar-refractivity contribution in [3.8, 4) is 0 Å². The summed E-state index contributed by atoms with van der Waals surface area (Å²) in [6.45, 7) is 6.41. The monoisotopic (exact) mass is 344 g/mol. The largest absolute Gasteiger partial charge is 0.423 e. The summed E-state index contributed by atoms with van der Waals surface area (Å²) in [7, 11) is 0. The van der Waals surface area contributed by atoms with Crippen LogP contribution in [0.15, 0.2) is 28.7 Å². The van der Waals surface area contributed by atoms with Crippen LogP contribution in [0.1, 0.15) is 56.5 Å². The Morgan fingerprint density at radius 1 is 1.36 bits per heavy atom. The van der Waals surface area contributed by atoms with E-state index in [0.717, 1.165) is 0 Å². The molecule has 3 rings (SSSR count). The van der Waals surface area contributed by atoms with Crippen molar-refractivity contribution in [3.05, 3.63) is 41.6 Å². The van der Waals surface area contributed by atoms with Crippen molar-refractivity contribution in [2.75, 3.05) is 11.9 Å². The molecule has 7 nitrogen and oxygen atoms in total. The number of benzene rings is 1. The van der Waals surface area contributed by atoms with Gasteiger partial charge in [-0.3, -0.25) is 0 Å². The van der Waals surface area contributed by atoms with E-state index >= 15 is 0 Å². The summed E-state index contributed by atoms with van der Waals surface area (Å²) in [4.78, 5) is 14.2. The highest BCUT2D eigenvalue weighted by atomic mass is 16.4. The summed E-state index contributed by atoms with van der Waals surface area (Å²) in [5.41, 5.74) is 1.93. The Balaban J connectivity index is 1.72. The fourth-order valence-corrected chi connectivity index (χ4v) is 2.96. The van der Waals surface area contributed by atoms with Gasteiger partial charge in [-0.2, -0.15) is 0 Å². The van der Waals surface area contributed by atoms with Crippen molar-refractivity contribution >= 4 is 11.7 Å². The number of β-amino-alcohol motifs (C(OH)–C–C–N with tert-alkyl or cyclic N) is 1. The maximum atomic E-state index is 12.7. The third-order valence-corrected chi connectivity index (χ3v) is 4.44. The quantitative estimate of drug-likeness (QED) is 0.889. The smallest absolute Gasteiger partial charge is 0.322 e. The molecule has 1 aliphatic rings. The molecule has 1 aliphatic heterocycles. The van der Waals surface area contributed by atoms with Gasteiger partial charge in [-0.15, -0.1) is 10.2 Å². The van der Waals surface area contributed by atoms with E-state index in [9.17, 15) is 9.90 Å². The first-order valence-corrected chi connectivity index (χ1v) is 8.65. The molecule has 1 aromatic carbocycles. The molecule has 0 bridgehead atoms. The number of aliphatic hydroxyl groups excluding tert-OH is 1. The lowest BCUT2D eigenvalue weighted by Gasteiger charge is -2.22. The second-order valence-electron chi connectivity index (χ2n) is 6.65. The molecule has 2 N–H and O–H groups in total. The first-order chi connectivity index (χ1) is 12.0. The van der Waals surface area contributed by atoms with E-state index in [4.69, 9.17) is 4.42 Å². The van der Waals surface area contributed by atoms with Crippen molar-refractivity contribution in [1.29, 1.82) is 0 Å². The molecular formula is C18H24N4O3. The van der Waals surface area contributed by atoms with E-state index in [1.54, 1.807) is 4.90 Å². The minimum Gasteiger partial charge on any atom is -0.423 e. The normalized spacial score (nSPS) is 20.3. The number of aryl methyl sites for hydroxylation is 1. The van der Waals surface area contributed by atoms with Crippen molar-refractivity contribution in [1.82, 2.24) is 15.1 Å². The average Bonchev–Trinajstić information content (AvgIpc) is 3.21. The Morgan fingerprint density at radius 2 is 2.08 bits per heavy atom. The molecule has 2 amide bonds. The number of hydrogen-bond acceptors (Lipinski definition) is 5. The van der Waals surface area contributed by atoms with E-state index in [1.165, 1.54) is 5.56 Å². The maximum Gasteiger partial charge on any atom is 0.322 e. The second kappa shape index (κ2) is 7.23. The number of likely N-dealkylation sites (tertiary alicyclic amines) is 1. The lowest BCUT2D eigenvalue weighted by atomic mass is 10.0. The van der Waals surface area contributed by atoms with Crippen molar-refractivity contribution in [3.63, 3.8) is 0 Å². The zero-order valence-corrected chi connectivity index (χ0v) is 14.8. The number of carbonyl (C=O) groups is 1. The van der Waals surface area contributed by atoms with Gasteiger partial charge in [0.1, 0.15) is 6.04 Å². The Bertz CT molecular complexity index is 726. The number of anilines is 1. The van der Waals surface area contributed by atoms with Crippen LogP contribution < -0.4 is 5.32 Å². The van der Waals surface area contributed by atoms with Crippen LogP contribution in [0.25, 0.3) is 0 Å². The van der Waals surface area contributed by atoms with Crippen molar-refractivity contribution in [2.24, 2.45) is 0 Å². The zero-order chi connectivity index (χ0) is 18.0. The van der Waals surface area contributed by atoms with Crippen molar-refractivity contribution < 1.29 is 14.3 Å². The lowest BCUT2D eigenvalue weighted by Crippen LogP contribution is -2.35. The summed E-state index contributed by atoms with van der Waals surface area (Å²) in [6, 6.07) is 7.09. The third kappa shape index (κ3) is 3.82. The number of nitrogens with one attached hydrogen (secondary N) is 1. The number of aliphatic hydroxyl groups is 1. The van der Waals surface area contributed by atoms with Crippen LogP contribution in [0.2, 0.25) is 0 Å². The predicted octanol–water partition coefficient (Wildman–Crippen LogP) is 3.10. The predicted molar refractivity (Wildman–Crippen MR) is 93.3 cm³/mol. The fourth-order valence-electron chi connectivity index (χ4n) is 2.96. The molecule has 1 aromatic heterocycles. The van der Waals surface area contributed by atoms with Crippen LogP contribution in [0.4, 0.5) is 10.5 Å². The highest BCUT2D eigenvalue weighted by Crippen LogP contribution is 2.32. The molecule has 2 heterocycles. The number of urea groups is 1. The van der Waals surface area contributed by atoms with E-state index < -0.39 is 12.1 Å². The number of rotatable bonds is 4. The number of aromatic nitrogens is 2. The molecule has 2 atom stereocenters. The van der Waals surface area contributed by atoms with Crippen LogP contribution in [0, 0.1) is 0 Å². The number of carbonyl (C=O) groups excluding carboxylic acids is 1. The van der Waals surface area contributed by atoms with Crippen LogP contribution in [0.5, 0.6) is 0 Å². The Morgan fingerprint density at radius 3 is 2.68 bits per heavy atom. The fraction of sp³-hybridized carbons (Fsp3) is 0.500. The van der Waals surface area contributed by atoms with Crippen LogP contribution in [0.3, 0.4) is 0 Å². The molecule has 0 radical (unpaired) electrons. The first kappa shape index (κ1) is 17.4. The standard InChI is InChI=1S/C18H24N4O3/c1-4-16-20-21-17(25-16)15-9-14(23)10-22(15)18(24)19-13-7-5-12(6-8-13)11(2)3/h5-8,11,14-15,23H,4,9-10H2,1-3H3,(H,19,24)/t14-,15-/m1/s1. The molecular weight excluding hydrogens is 320 g/mol. The Kier molecular flexibility index (Phi) is 5.03. The van der Waals surface area contributed by atoms with Crippen LogP contribution in [-0.2, 0) is 6.42 Å². The molecule has 1 saturated heterocycles. The van der Waals surface area contributed by atoms with Gasteiger partial charge in [0.25, 0.3) is 0 Å². The zero-order valence-electron chi connectivity index (χ0n) is 14.8. The SMILES string of the molecule is CCc1nnc([C@H]2C[C@@H](O)CN2C(=O)Nc2ccc(C(C)C)cc2)o1. The van der Waals surface area contributed by atoms with Gasteiger partial charge in [0, 0.05) is 25.1 Å². The minimum atomic E-state index is -0.601. The topological polar surface area (TPSA) is 91.5 Å². The third-order valence-electron chi connectivity index (χ3n) is 4.44. The highest BCUT2D eigenvalue weighted by Gasteiger charge is 2.38. The highest BCUT2D eigenvalue weighted by molar-refractivity contribution is 5.89. The van der Waals surface area contributed by atoms with Gasteiger partial charge in [-0.25, -0.2) is 4.79 Å². The number of amides is 2. The van der Waals surface area contributed by atoms with Crippen LogP contribution >= 0.6 is 0 Å². The van der Waals surface area contributed by atoms with Crippen molar-refractivity contribution in [2.45, 2.75) is 51.7 Å². The maximum absolute atomic E-state index is 12.7. The average molecular weight is 344 g/mol. The van der Waals surface area contributed by atoms with E-state index in [1.807, 2.05) is 31.2 Å². The number of hydrogen-bond donors (Lipinski definition) is 2. The molecule has 7 heteroatoms. The molecule has 25 heavy (non-hydrogen) atoms. The van der Waals surface area contributed by atoms with Gasteiger partial charge in [-0.1, -0.05) is 32.9 Å². The van der Waals surface area contributed by atoms with E-state index in [2.05, 4.69) is 29.4 Å². The number of nitrogens with zero attached hydrogens (tertiary/aromatic N) is 3. The van der Waals surface area contributed by atoms with E-state index in [-0.39, 0.29) is 12.6 Å². The molecule has 2 aromatic rings. The summed E-state index contributed by atoms with van der Waals surface area (Å²) < 4.78 is 5.58. The first-order valence-electron chi connectivity index (χ1n) is 8.65. The lowest BCUT2D eigenvalue weighted by molar-refractivity contribution is 0.175. The molecule has 0 saturated carbocycles. The van der Waals surface area contributed by atoms with Gasteiger partial charge in [-0.05, 0) is 23.6 Å². The summed E-state index contributed by atoms with van der Waals surface area (Å²) >= 11 is 0.